The highest BCUT2D eigenvalue weighted by atomic mass is 19.4. The van der Waals surface area contributed by atoms with Crippen molar-refractivity contribution < 1.29 is 27.2 Å². The molecule has 0 atom stereocenters. The van der Waals surface area contributed by atoms with Crippen LogP contribution in [0, 0.1) is 5.82 Å². The van der Waals surface area contributed by atoms with E-state index in [1.54, 1.807) is 0 Å². The first-order valence-corrected chi connectivity index (χ1v) is 7.15. The minimum Gasteiger partial charge on any atom is -0.332 e. The Balaban J connectivity index is 1.98. The number of hydrogen-bond acceptors (Lipinski definition) is 2. The van der Waals surface area contributed by atoms with Gasteiger partial charge in [-0.3, -0.25) is 9.59 Å². The lowest BCUT2D eigenvalue weighted by molar-refractivity contribution is -0.137. The van der Waals surface area contributed by atoms with E-state index in [1.165, 1.54) is 25.2 Å². The molecule has 8 heteroatoms. The molecule has 2 amide bonds. The van der Waals surface area contributed by atoms with Gasteiger partial charge in [0.25, 0.3) is 5.91 Å². The second-order valence-electron chi connectivity index (χ2n) is 5.29. The Hall–Kier alpha value is -2.90. The number of likely N-dealkylation sites (N-methyl/N-ethyl adjacent to an activating group) is 1. The summed E-state index contributed by atoms with van der Waals surface area (Å²) in [5.41, 5.74) is -0.606. The number of carbonyl (C=O) groups is 2. The maximum atomic E-state index is 13.1. The first kappa shape index (κ1) is 18.4. The molecule has 25 heavy (non-hydrogen) atoms. The zero-order valence-electron chi connectivity index (χ0n) is 13.1. The summed E-state index contributed by atoms with van der Waals surface area (Å²) >= 11 is 0. The Morgan fingerprint density at radius 1 is 1.08 bits per heavy atom. The van der Waals surface area contributed by atoms with Gasteiger partial charge in [0.2, 0.25) is 5.91 Å². The highest BCUT2D eigenvalue weighted by Gasteiger charge is 2.30. The summed E-state index contributed by atoms with van der Waals surface area (Å²) in [5.74, 6) is -1.69. The molecule has 0 aliphatic heterocycles. The molecule has 132 valence electrons. The number of benzene rings is 2. The van der Waals surface area contributed by atoms with E-state index < -0.39 is 29.4 Å². The molecule has 0 saturated carbocycles. The van der Waals surface area contributed by atoms with Gasteiger partial charge >= 0.3 is 6.18 Å². The lowest BCUT2D eigenvalue weighted by atomic mass is 10.1. The number of nitrogens with zero attached hydrogens (tertiary/aromatic N) is 1. The van der Waals surface area contributed by atoms with E-state index in [2.05, 4.69) is 5.32 Å². The van der Waals surface area contributed by atoms with Gasteiger partial charge in [0.15, 0.2) is 0 Å². The second-order valence-corrected chi connectivity index (χ2v) is 5.29. The molecule has 0 aliphatic rings. The molecule has 0 radical (unpaired) electrons. The first-order valence-electron chi connectivity index (χ1n) is 7.15. The monoisotopic (exact) mass is 354 g/mol. The molecule has 4 nitrogen and oxygen atoms in total. The zero-order valence-corrected chi connectivity index (χ0v) is 13.1. The largest absolute Gasteiger partial charge is 0.416 e. The van der Waals surface area contributed by atoms with E-state index in [9.17, 15) is 27.2 Å². The van der Waals surface area contributed by atoms with Gasteiger partial charge in [0.05, 0.1) is 12.1 Å². The molecule has 2 aromatic rings. The van der Waals surface area contributed by atoms with E-state index in [1.807, 2.05) is 0 Å². The normalized spacial score (nSPS) is 11.1. The molecule has 0 aromatic heterocycles. The van der Waals surface area contributed by atoms with Crippen LogP contribution in [-0.2, 0) is 11.0 Å². The van der Waals surface area contributed by atoms with Crippen molar-refractivity contribution in [2.75, 3.05) is 18.9 Å². The van der Waals surface area contributed by atoms with Crippen molar-refractivity contribution in [2.24, 2.45) is 0 Å². The fourth-order valence-corrected chi connectivity index (χ4v) is 2.08. The number of alkyl halides is 3. The van der Waals surface area contributed by atoms with Crippen LogP contribution >= 0.6 is 0 Å². The molecular formula is C17H14F4N2O2. The second kappa shape index (κ2) is 7.33. The Kier molecular flexibility index (Phi) is 5.41. The fourth-order valence-electron chi connectivity index (χ4n) is 2.08. The zero-order chi connectivity index (χ0) is 18.6. The van der Waals surface area contributed by atoms with E-state index in [0.717, 1.165) is 35.2 Å². The average Bonchev–Trinajstić information content (AvgIpc) is 2.53. The summed E-state index contributed by atoms with van der Waals surface area (Å²) in [5, 5.41) is 2.43. The van der Waals surface area contributed by atoms with Gasteiger partial charge in [-0.25, -0.2) is 4.39 Å². The maximum Gasteiger partial charge on any atom is 0.416 e. The number of nitrogens with one attached hydrogen (secondary N) is 1. The molecular weight excluding hydrogens is 340 g/mol. The van der Waals surface area contributed by atoms with Gasteiger partial charge in [0, 0.05) is 18.3 Å². The first-order chi connectivity index (χ1) is 11.7. The van der Waals surface area contributed by atoms with Crippen LogP contribution < -0.4 is 5.32 Å². The molecule has 0 bridgehead atoms. The molecule has 0 saturated heterocycles. The summed E-state index contributed by atoms with van der Waals surface area (Å²) in [6.07, 6.45) is -4.49. The van der Waals surface area contributed by atoms with Gasteiger partial charge in [-0.1, -0.05) is 6.07 Å². The summed E-state index contributed by atoms with van der Waals surface area (Å²) < 4.78 is 50.6. The molecule has 0 fully saturated rings. The lowest BCUT2D eigenvalue weighted by Gasteiger charge is -2.17. The summed E-state index contributed by atoms with van der Waals surface area (Å²) in [6.45, 7) is -0.337. The van der Waals surface area contributed by atoms with Crippen molar-refractivity contribution in [3.05, 3.63) is 65.5 Å². The van der Waals surface area contributed by atoms with Crippen LogP contribution in [0.2, 0.25) is 0 Å². The Morgan fingerprint density at radius 2 is 1.72 bits per heavy atom. The third-order valence-corrected chi connectivity index (χ3v) is 3.30. The van der Waals surface area contributed by atoms with Crippen molar-refractivity contribution >= 4 is 17.5 Å². The Morgan fingerprint density at radius 3 is 2.28 bits per heavy atom. The van der Waals surface area contributed by atoms with Crippen LogP contribution in [-0.4, -0.2) is 30.3 Å². The van der Waals surface area contributed by atoms with Gasteiger partial charge in [-0.15, -0.1) is 0 Å². The Bertz CT molecular complexity index is 773. The fraction of sp³-hybridized carbons (Fsp3) is 0.176. The SMILES string of the molecule is CN(CC(=O)Nc1cccc(F)c1)C(=O)c1ccc(C(F)(F)F)cc1. The average molecular weight is 354 g/mol. The molecule has 0 aliphatic carbocycles. The topological polar surface area (TPSA) is 49.4 Å². The maximum absolute atomic E-state index is 13.1. The number of rotatable bonds is 4. The third-order valence-electron chi connectivity index (χ3n) is 3.30. The smallest absolute Gasteiger partial charge is 0.332 e. The van der Waals surface area contributed by atoms with Crippen molar-refractivity contribution in [3.63, 3.8) is 0 Å². The predicted molar refractivity (Wildman–Crippen MR) is 83.4 cm³/mol. The summed E-state index contributed by atoms with van der Waals surface area (Å²) in [6, 6.07) is 8.94. The van der Waals surface area contributed by atoms with E-state index in [4.69, 9.17) is 0 Å². The van der Waals surface area contributed by atoms with Gasteiger partial charge in [-0.05, 0) is 42.5 Å². The van der Waals surface area contributed by atoms with Crippen LogP contribution in [0.1, 0.15) is 15.9 Å². The van der Waals surface area contributed by atoms with Crippen LogP contribution in [0.5, 0.6) is 0 Å². The van der Waals surface area contributed by atoms with E-state index >= 15 is 0 Å². The highest BCUT2D eigenvalue weighted by Crippen LogP contribution is 2.29. The van der Waals surface area contributed by atoms with Gasteiger partial charge in [-0.2, -0.15) is 13.2 Å². The summed E-state index contributed by atoms with van der Waals surface area (Å²) in [7, 11) is 1.34. The molecule has 2 rings (SSSR count). The summed E-state index contributed by atoms with van der Waals surface area (Å²) in [4.78, 5) is 25.1. The lowest BCUT2D eigenvalue weighted by Crippen LogP contribution is -2.35. The molecule has 0 spiro atoms. The molecule has 1 N–H and O–H groups in total. The van der Waals surface area contributed by atoms with Crippen molar-refractivity contribution in [2.45, 2.75) is 6.18 Å². The third kappa shape index (κ3) is 5.03. The Labute approximate surface area is 141 Å². The highest BCUT2D eigenvalue weighted by molar-refractivity contribution is 5.99. The molecule has 0 heterocycles. The number of carbonyl (C=O) groups excluding carboxylic acids is 2. The number of amides is 2. The van der Waals surface area contributed by atoms with Crippen molar-refractivity contribution in [3.8, 4) is 0 Å². The van der Waals surface area contributed by atoms with Crippen LogP contribution in [0.3, 0.4) is 0 Å². The van der Waals surface area contributed by atoms with Crippen molar-refractivity contribution in [1.29, 1.82) is 0 Å². The van der Waals surface area contributed by atoms with E-state index in [-0.39, 0.29) is 17.8 Å². The minimum atomic E-state index is -4.49. The van der Waals surface area contributed by atoms with E-state index in [0.29, 0.717) is 0 Å². The number of anilines is 1. The van der Waals surface area contributed by atoms with Gasteiger partial charge < -0.3 is 10.2 Å². The van der Waals surface area contributed by atoms with Gasteiger partial charge in [0.1, 0.15) is 5.82 Å². The quantitative estimate of drug-likeness (QED) is 0.854. The number of hydrogen-bond donors (Lipinski definition) is 1. The van der Waals surface area contributed by atoms with Crippen LogP contribution in [0.4, 0.5) is 23.2 Å². The van der Waals surface area contributed by atoms with Crippen LogP contribution in [0.15, 0.2) is 48.5 Å². The predicted octanol–water partition coefficient (Wildman–Crippen LogP) is 3.56. The van der Waals surface area contributed by atoms with Crippen molar-refractivity contribution in [1.82, 2.24) is 4.90 Å². The minimum absolute atomic E-state index is 0.0223. The van der Waals surface area contributed by atoms with Crippen LogP contribution in [0.25, 0.3) is 0 Å². The molecule has 2 aromatic carbocycles. The number of halogens is 4. The molecule has 0 unspecified atom stereocenters. The standard InChI is InChI=1S/C17H14F4N2O2/c1-23(10-15(24)22-14-4-2-3-13(18)9-14)16(25)11-5-7-12(8-6-11)17(19,20)21/h2-9H,10H2,1H3,(H,22,24).